The smallest absolute Gasteiger partial charge is 0.358 e. The highest BCUT2D eigenvalue weighted by Crippen LogP contribution is 2.12. The van der Waals surface area contributed by atoms with Gasteiger partial charge in [-0.05, 0) is 37.2 Å². The third kappa shape index (κ3) is 15.4. The van der Waals surface area contributed by atoms with Crippen LogP contribution in [0.2, 0.25) is 0 Å². The highest BCUT2D eigenvalue weighted by Gasteiger charge is 2.32. The molecule has 1 aliphatic rings. The molecule has 1 saturated heterocycles. The predicted octanol–water partition coefficient (Wildman–Crippen LogP) is 1.98. The van der Waals surface area contributed by atoms with Gasteiger partial charge in [0.2, 0.25) is 11.8 Å². The van der Waals surface area contributed by atoms with Crippen molar-refractivity contribution in [3.63, 3.8) is 0 Å². The minimum Gasteiger partial charge on any atom is -0.377 e. The molecule has 1 aliphatic heterocycles. The number of hydrogen-bond acceptors (Lipinski definition) is 11. The first-order valence-corrected chi connectivity index (χ1v) is 14.0. The normalized spacial score (nSPS) is 13.3. The Balaban J connectivity index is 2.17. The Hall–Kier alpha value is -1.67. The Kier molecular flexibility index (Phi) is 19.2. The molecule has 212 valence electrons. The number of hydrogen-bond donors (Lipinski definition) is 2. The molecule has 0 radical (unpaired) electrons. The molecule has 11 nitrogen and oxygen atoms in total. The summed E-state index contributed by atoms with van der Waals surface area (Å²) in [6, 6.07) is 0. The highest BCUT2D eigenvalue weighted by atomic mass is 32.1. The minimum absolute atomic E-state index is 0.0287. The van der Waals surface area contributed by atoms with Crippen molar-refractivity contribution >= 4 is 54.9 Å². The minimum atomic E-state index is -0.844. The van der Waals surface area contributed by atoms with Gasteiger partial charge in [-0.2, -0.15) is 25.3 Å². The van der Waals surface area contributed by atoms with Gasteiger partial charge in [-0.3, -0.25) is 24.1 Å². The van der Waals surface area contributed by atoms with Crippen LogP contribution in [-0.2, 0) is 43.0 Å². The van der Waals surface area contributed by atoms with Gasteiger partial charge in [0.25, 0.3) is 11.8 Å². The first kappa shape index (κ1) is 33.4. The van der Waals surface area contributed by atoms with Crippen LogP contribution in [0.1, 0.15) is 64.2 Å². The first-order valence-electron chi connectivity index (χ1n) is 12.8. The molecule has 0 spiro atoms. The summed E-state index contributed by atoms with van der Waals surface area (Å²) in [5.41, 5.74) is 0. The van der Waals surface area contributed by atoms with Crippen molar-refractivity contribution in [1.29, 1.82) is 0 Å². The van der Waals surface area contributed by atoms with Crippen molar-refractivity contribution in [3.05, 3.63) is 0 Å². The van der Waals surface area contributed by atoms with Gasteiger partial charge in [0.15, 0.2) is 0 Å². The monoisotopic (exact) mass is 564 g/mol. The second-order valence-electron chi connectivity index (χ2n) is 8.33. The van der Waals surface area contributed by atoms with Crippen molar-refractivity contribution in [2.24, 2.45) is 0 Å². The third-order valence-corrected chi connectivity index (χ3v) is 5.95. The van der Waals surface area contributed by atoms with Crippen molar-refractivity contribution in [3.8, 4) is 0 Å². The summed E-state index contributed by atoms with van der Waals surface area (Å²) in [6.07, 6.45) is 5.85. The fraction of sp³-hybridized carbons (Fsp3) is 0.792. The number of imide groups is 2. The lowest BCUT2D eigenvalue weighted by Crippen LogP contribution is -2.39. The molecule has 13 heteroatoms. The van der Waals surface area contributed by atoms with Crippen LogP contribution in [0.25, 0.3) is 0 Å². The van der Waals surface area contributed by atoms with E-state index in [0.29, 0.717) is 17.9 Å². The van der Waals surface area contributed by atoms with Crippen molar-refractivity contribution in [1.82, 2.24) is 9.96 Å². The molecule has 0 aromatic carbocycles. The van der Waals surface area contributed by atoms with E-state index in [2.05, 4.69) is 30.1 Å². The highest BCUT2D eigenvalue weighted by molar-refractivity contribution is 7.80. The second-order valence-corrected chi connectivity index (χ2v) is 9.22. The van der Waals surface area contributed by atoms with Crippen LogP contribution >= 0.6 is 25.3 Å². The molecule has 0 unspecified atom stereocenters. The number of rotatable bonds is 22. The number of ether oxygens (including phenoxy) is 3. The molecule has 4 amide bonds. The molecule has 0 saturated carbocycles. The number of nitrogens with zero attached hydrogens (tertiary/aromatic N) is 2. The van der Waals surface area contributed by atoms with E-state index in [4.69, 9.17) is 14.2 Å². The molecule has 0 atom stereocenters. The quantitative estimate of drug-likeness (QED) is 0.115. The molecule has 0 aromatic rings. The van der Waals surface area contributed by atoms with E-state index in [1.165, 1.54) is 4.90 Å². The third-order valence-electron chi connectivity index (χ3n) is 5.32. The maximum absolute atomic E-state index is 12.6. The molecule has 0 N–H and O–H groups in total. The van der Waals surface area contributed by atoms with Gasteiger partial charge in [0.05, 0.1) is 39.6 Å². The van der Waals surface area contributed by atoms with Crippen LogP contribution in [0, 0.1) is 0 Å². The van der Waals surface area contributed by atoms with Crippen molar-refractivity contribution in [2.75, 3.05) is 57.7 Å². The van der Waals surface area contributed by atoms with Gasteiger partial charge in [-0.25, -0.2) is 4.79 Å². The van der Waals surface area contributed by atoms with Crippen LogP contribution in [0.4, 0.5) is 0 Å². The van der Waals surface area contributed by atoms with E-state index in [1.54, 1.807) is 0 Å². The average Bonchev–Trinajstić information content (AvgIpc) is 3.19. The number of amides is 4. The standard InChI is InChI=1S/C24H40N2O9S2/c27-20(7-3-1-5-17-36)25(21(28)8-4-2-6-18-37)11-12-32-13-14-33-15-16-34-19-24(31)35-26-22(29)9-10-23(26)30/h36-37H,1-19H2. The van der Waals surface area contributed by atoms with E-state index in [0.717, 1.165) is 50.0 Å². The summed E-state index contributed by atoms with van der Waals surface area (Å²) in [4.78, 5) is 65.6. The number of thiol groups is 2. The Morgan fingerprint density at radius 2 is 1.19 bits per heavy atom. The number of hydroxylamine groups is 2. The molecular formula is C24H40N2O9S2. The number of unbranched alkanes of at least 4 members (excludes halogenated alkanes) is 4. The zero-order chi connectivity index (χ0) is 27.3. The van der Waals surface area contributed by atoms with Gasteiger partial charge < -0.3 is 19.0 Å². The lowest BCUT2D eigenvalue weighted by atomic mass is 10.1. The van der Waals surface area contributed by atoms with Crippen LogP contribution in [-0.4, -0.2) is 97.3 Å². The Labute approximate surface area is 229 Å². The Morgan fingerprint density at radius 3 is 1.70 bits per heavy atom. The largest absolute Gasteiger partial charge is 0.377 e. The van der Waals surface area contributed by atoms with E-state index >= 15 is 0 Å². The molecule has 0 aliphatic carbocycles. The van der Waals surface area contributed by atoms with Gasteiger partial charge in [-0.1, -0.05) is 12.8 Å². The van der Waals surface area contributed by atoms with Gasteiger partial charge >= 0.3 is 5.97 Å². The SMILES string of the molecule is O=C(COCCOCCOCCN(C(=O)CCCCCS)C(=O)CCCCCS)ON1C(=O)CCC1=O. The molecule has 37 heavy (non-hydrogen) atoms. The maximum atomic E-state index is 12.6. The van der Waals surface area contributed by atoms with Crippen LogP contribution in [0.3, 0.4) is 0 Å². The van der Waals surface area contributed by atoms with Gasteiger partial charge in [0.1, 0.15) is 6.61 Å². The summed E-state index contributed by atoms with van der Waals surface area (Å²) in [6.45, 7) is 0.821. The van der Waals surface area contributed by atoms with Crippen LogP contribution in [0.15, 0.2) is 0 Å². The van der Waals surface area contributed by atoms with Crippen molar-refractivity contribution in [2.45, 2.75) is 64.2 Å². The lowest BCUT2D eigenvalue weighted by molar-refractivity contribution is -0.200. The summed E-state index contributed by atoms with van der Waals surface area (Å²) < 4.78 is 16.0. The molecule has 0 aromatic heterocycles. The van der Waals surface area contributed by atoms with Crippen molar-refractivity contribution < 1.29 is 43.0 Å². The fourth-order valence-electron chi connectivity index (χ4n) is 3.33. The van der Waals surface area contributed by atoms with Gasteiger partial charge in [0, 0.05) is 25.7 Å². The van der Waals surface area contributed by atoms with E-state index in [1.807, 2.05) is 0 Å². The summed E-state index contributed by atoms with van der Waals surface area (Å²) >= 11 is 8.35. The fourth-order valence-corrected chi connectivity index (χ4v) is 3.77. The summed E-state index contributed by atoms with van der Waals surface area (Å²) in [7, 11) is 0. The Morgan fingerprint density at radius 1 is 0.703 bits per heavy atom. The molecular weight excluding hydrogens is 524 g/mol. The summed E-state index contributed by atoms with van der Waals surface area (Å²) in [5, 5.41) is 0.467. The van der Waals surface area contributed by atoms with Crippen LogP contribution in [0.5, 0.6) is 0 Å². The number of carbonyl (C=O) groups is 5. The van der Waals surface area contributed by atoms with E-state index in [9.17, 15) is 24.0 Å². The predicted molar refractivity (Wildman–Crippen MR) is 141 cm³/mol. The molecule has 1 fully saturated rings. The number of carbonyl (C=O) groups excluding carboxylic acids is 5. The zero-order valence-corrected chi connectivity index (χ0v) is 23.2. The van der Waals surface area contributed by atoms with Gasteiger partial charge in [-0.15, -0.1) is 5.06 Å². The maximum Gasteiger partial charge on any atom is 0.358 e. The lowest BCUT2D eigenvalue weighted by Gasteiger charge is -2.21. The topological polar surface area (TPSA) is 129 Å². The zero-order valence-electron chi connectivity index (χ0n) is 21.4. The molecule has 0 bridgehead atoms. The Bertz CT molecular complexity index is 684. The van der Waals surface area contributed by atoms with E-state index in [-0.39, 0.29) is 64.2 Å². The average molecular weight is 565 g/mol. The molecule has 1 rings (SSSR count). The summed E-state index contributed by atoms with van der Waals surface area (Å²) in [5.74, 6) is -0.734. The molecule has 1 heterocycles. The van der Waals surface area contributed by atoms with E-state index < -0.39 is 24.4 Å². The second kappa shape index (κ2) is 21.3. The van der Waals surface area contributed by atoms with Crippen LogP contribution < -0.4 is 0 Å². The first-order chi connectivity index (χ1) is 17.9.